The quantitative estimate of drug-likeness (QED) is 0.169. The summed E-state index contributed by atoms with van der Waals surface area (Å²) in [6, 6.07) is 13.0. The highest BCUT2D eigenvalue weighted by atomic mass is 79.9. The zero-order chi connectivity index (χ0) is 39.8. The zero-order valence-electron chi connectivity index (χ0n) is 34.7. The van der Waals surface area contributed by atoms with Crippen LogP contribution in [0.4, 0.5) is 0 Å². The Bertz CT molecular complexity index is 1670. The number of carbonyl (C=O) groups excluding carboxylic acids is 4. The molecule has 14 heteroatoms. The van der Waals surface area contributed by atoms with Crippen molar-refractivity contribution < 1.29 is 90.5 Å². The second kappa shape index (κ2) is 19.0. The maximum Gasteiger partial charge on any atom is 0.309 e. The fourth-order valence-corrected chi connectivity index (χ4v) is 11.1. The number of hydrogen-bond acceptors (Lipinski definition) is 10. The van der Waals surface area contributed by atoms with Crippen LogP contribution in [0.3, 0.4) is 0 Å². The molecule has 4 saturated heterocycles. The van der Waals surface area contributed by atoms with Crippen molar-refractivity contribution in [1.29, 1.82) is 0 Å². The molecule has 1 saturated carbocycles. The minimum absolute atomic E-state index is 0. The highest BCUT2D eigenvalue weighted by Gasteiger charge is 2.54. The largest absolute Gasteiger partial charge is 1.00 e. The molecule has 7 rings (SSSR count). The Morgan fingerprint density at radius 3 is 1.24 bits per heavy atom. The molecule has 2 aromatic carbocycles. The average molecular weight is 937 g/mol. The van der Waals surface area contributed by atoms with Gasteiger partial charge in [-0.05, 0) is 55.7 Å². The summed E-state index contributed by atoms with van der Waals surface area (Å²) in [5, 5.41) is 0. The van der Waals surface area contributed by atoms with Crippen LogP contribution in [0, 0.1) is 11.8 Å². The number of ether oxygens (including phenoxy) is 6. The van der Waals surface area contributed by atoms with Crippen LogP contribution in [0.15, 0.2) is 36.4 Å². The number of rotatable bonds is 12. The molecule has 4 bridgehead atoms. The van der Waals surface area contributed by atoms with E-state index in [1.165, 1.54) is 13.8 Å². The van der Waals surface area contributed by atoms with Crippen molar-refractivity contribution in [2.45, 2.75) is 140 Å². The summed E-state index contributed by atoms with van der Waals surface area (Å²) in [5.74, 6) is 0.281. The summed E-state index contributed by atoms with van der Waals surface area (Å²) in [6.07, 6.45) is 10.3. The van der Waals surface area contributed by atoms with Crippen molar-refractivity contribution in [3.8, 4) is 23.0 Å². The highest BCUT2D eigenvalue weighted by molar-refractivity contribution is 5.77. The molecular formula is C44H60Br2N2O10. The van der Waals surface area contributed by atoms with E-state index in [9.17, 15) is 19.2 Å². The summed E-state index contributed by atoms with van der Waals surface area (Å²) in [6.45, 7) is 4.40. The van der Waals surface area contributed by atoms with E-state index in [2.05, 4.69) is 14.1 Å². The molecule has 0 radical (unpaired) electrons. The lowest BCUT2D eigenvalue weighted by atomic mass is 9.81. The van der Waals surface area contributed by atoms with Crippen LogP contribution in [-0.2, 0) is 41.7 Å². The van der Waals surface area contributed by atoms with Crippen LogP contribution in [0.25, 0.3) is 0 Å². The number of quaternary nitrogens is 2. The number of benzene rings is 2. The molecule has 0 amide bonds. The number of carbonyl (C=O) groups is 4. The van der Waals surface area contributed by atoms with Crippen molar-refractivity contribution in [2.24, 2.45) is 11.8 Å². The van der Waals surface area contributed by atoms with E-state index in [1.807, 2.05) is 24.3 Å². The van der Waals surface area contributed by atoms with Gasteiger partial charge in [-0.25, -0.2) is 0 Å². The van der Waals surface area contributed by atoms with E-state index in [-0.39, 0.29) is 81.9 Å². The molecule has 10 atom stereocenters. The lowest BCUT2D eigenvalue weighted by molar-refractivity contribution is -0.961. The van der Waals surface area contributed by atoms with Gasteiger partial charge >= 0.3 is 23.9 Å². The molecule has 0 aromatic heterocycles. The van der Waals surface area contributed by atoms with Crippen molar-refractivity contribution in [3.05, 3.63) is 47.5 Å². The number of fused-ring (bicyclic) bond motifs is 4. The second-order valence-electron chi connectivity index (χ2n) is 17.6. The van der Waals surface area contributed by atoms with Gasteiger partial charge in [0.25, 0.3) is 0 Å². The van der Waals surface area contributed by atoms with Crippen molar-refractivity contribution in [3.63, 3.8) is 0 Å². The fraction of sp³-hybridized carbons (Fsp3) is 0.636. The normalized spacial score (nSPS) is 32.1. The minimum Gasteiger partial charge on any atom is -1.00 e. The van der Waals surface area contributed by atoms with Crippen LogP contribution < -0.4 is 52.9 Å². The summed E-state index contributed by atoms with van der Waals surface area (Å²) in [4.78, 5) is 50.4. The second-order valence-corrected chi connectivity index (χ2v) is 17.6. The predicted molar refractivity (Wildman–Crippen MR) is 206 cm³/mol. The first-order valence-corrected chi connectivity index (χ1v) is 20.6. The summed E-state index contributed by atoms with van der Waals surface area (Å²) < 4.78 is 36.0. The molecule has 5 fully saturated rings. The lowest BCUT2D eigenvalue weighted by Crippen LogP contribution is -3.00. The van der Waals surface area contributed by atoms with E-state index in [0.717, 1.165) is 104 Å². The number of methoxy groups -OCH3 is 2. The van der Waals surface area contributed by atoms with Gasteiger partial charge in [0, 0.05) is 76.3 Å². The SMILES string of the molecule is COc1cc(C[N+]2(C)[C@@H]3CC[C@H]2CC(OC(=O)C2CCCC(C(=O)OC4C[C@H]5CC[C@@H](C4)[N+]5(C)Cc4ccc(OC(C)=O)c(OC)c4)C2)C3)ccc1OC(C)=O.[Br-].[Br-]. The number of nitrogens with zero attached hydrogens (tertiary/aromatic N) is 2. The molecule has 58 heavy (non-hydrogen) atoms. The summed E-state index contributed by atoms with van der Waals surface area (Å²) in [5.41, 5.74) is 2.24. The van der Waals surface area contributed by atoms with Gasteiger partial charge < -0.3 is 71.4 Å². The minimum atomic E-state index is -0.384. The Morgan fingerprint density at radius 2 is 0.914 bits per heavy atom. The van der Waals surface area contributed by atoms with E-state index in [0.29, 0.717) is 53.6 Å². The van der Waals surface area contributed by atoms with Crippen LogP contribution in [0.1, 0.15) is 102 Å². The molecule has 320 valence electrons. The van der Waals surface area contributed by atoms with E-state index < -0.39 is 0 Å². The molecule has 4 heterocycles. The first-order valence-electron chi connectivity index (χ1n) is 20.6. The Balaban J connectivity index is 0.00000320. The molecule has 6 unspecified atom stereocenters. The molecule has 5 aliphatic rings. The molecule has 12 nitrogen and oxygen atoms in total. The van der Waals surface area contributed by atoms with Gasteiger partial charge in [-0.15, -0.1) is 0 Å². The number of piperidine rings is 2. The monoisotopic (exact) mass is 934 g/mol. The maximum atomic E-state index is 13.7. The maximum absolute atomic E-state index is 13.7. The van der Waals surface area contributed by atoms with Gasteiger partial charge in [-0.3, -0.25) is 19.2 Å². The number of hydrogen-bond donors (Lipinski definition) is 0. The standard InChI is InChI=1S/C44H60N2O10.2BrH/c1-27(47)53-39-16-10-29(18-41(39)51-5)25-45(3)33-12-13-34(45)22-37(21-33)55-43(49)31-8-7-9-32(20-31)44(50)56-38-23-35-14-15-36(24-38)46(35,4)26-30-11-17-40(54-28(2)48)42(19-30)52-6;;/h10-11,16-19,31-38H,7-9,12-15,20-26H2,1-6H3;2*1H/q+2;;/p-2/t31?,32?,33-,34+,35-,36+,37?,38?,45?,46?;;. The molecule has 2 aromatic rings. The first kappa shape index (κ1) is 45.9. The Labute approximate surface area is 363 Å². The average Bonchev–Trinajstić information content (AvgIpc) is 3.38. The Morgan fingerprint density at radius 1 is 0.552 bits per heavy atom. The van der Waals surface area contributed by atoms with Gasteiger partial charge in [0.05, 0.1) is 64.3 Å². The zero-order valence-corrected chi connectivity index (χ0v) is 37.9. The molecular weight excluding hydrogens is 876 g/mol. The van der Waals surface area contributed by atoms with Crippen LogP contribution in [0.2, 0.25) is 0 Å². The van der Waals surface area contributed by atoms with E-state index in [1.54, 1.807) is 26.4 Å². The lowest BCUT2D eigenvalue weighted by Gasteiger charge is -2.47. The van der Waals surface area contributed by atoms with Crippen molar-refractivity contribution >= 4 is 23.9 Å². The number of esters is 4. The van der Waals surface area contributed by atoms with Gasteiger partial charge in [0.1, 0.15) is 25.3 Å². The predicted octanol–water partition coefficient (Wildman–Crippen LogP) is 0.435. The Hall–Kier alpha value is -3.20. The number of halogens is 2. The topological polar surface area (TPSA) is 124 Å². The first-order chi connectivity index (χ1) is 26.8. The molecule has 1 aliphatic carbocycles. The van der Waals surface area contributed by atoms with Gasteiger partial charge in [-0.2, -0.15) is 0 Å². The van der Waals surface area contributed by atoms with Crippen molar-refractivity contribution in [1.82, 2.24) is 0 Å². The third-order valence-corrected chi connectivity index (χ3v) is 14.1. The van der Waals surface area contributed by atoms with E-state index >= 15 is 0 Å². The Kier molecular flexibility index (Phi) is 15.0. The third-order valence-electron chi connectivity index (χ3n) is 14.1. The molecule has 0 spiro atoms. The third kappa shape index (κ3) is 9.71. The van der Waals surface area contributed by atoms with Crippen LogP contribution >= 0.6 is 0 Å². The molecule has 4 aliphatic heterocycles. The van der Waals surface area contributed by atoms with Gasteiger partial charge in [-0.1, -0.05) is 6.42 Å². The van der Waals surface area contributed by atoms with Crippen molar-refractivity contribution in [2.75, 3.05) is 28.3 Å². The van der Waals surface area contributed by atoms with Gasteiger partial charge in [0.15, 0.2) is 23.0 Å². The van der Waals surface area contributed by atoms with Gasteiger partial charge in [0.2, 0.25) is 0 Å². The summed E-state index contributed by atoms with van der Waals surface area (Å²) in [7, 11) is 7.78. The summed E-state index contributed by atoms with van der Waals surface area (Å²) >= 11 is 0. The van der Waals surface area contributed by atoms with E-state index in [4.69, 9.17) is 28.4 Å². The smallest absolute Gasteiger partial charge is 0.309 e. The van der Waals surface area contributed by atoms with Crippen LogP contribution in [0.5, 0.6) is 23.0 Å². The highest BCUT2D eigenvalue weighted by Crippen LogP contribution is 2.46. The van der Waals surface area contributed by atoms with Crippen LogP contribution in [-0.4, -0.2) is 97.5 Å². The fourth-order valence-electron chi connectivity index (χ4n) is 11.1. The molecule has 0 N–H and O–H groups in total.